The zero-order chi connectivity index (χ0) is 16.8. The Kier molecular flexibility index (Phi) is 6.28. The summed E-state index contributed by atoms with van der Waals surface area (Å²) in [6.07, 6.45) is 0.986. The van der Waals surface area contributed by atoms with Crippen LogP contribution < -0.4 is 5.32 Å². The van der Waals surface area contributed by atoms with E-state index in [2.05, 4.69) is 24.3 Å². The van der Waals surface area contributed by atoms with E-state index in [-0.39, 0.29) is 5.91 Å². The van der Waals surface area contributed by atoms with E-state index in [9.17, 15) is 4.79 Å². The Morgan fingerprint density at radius 1 is 1.30 bits per heavy atom. The lowest BCUT2D eigenvalue weighted by Crippen LogP contribution is -2.25. The Morgan fingerprint density at radius 3 is 2.70 bits per heavy atom. The summed E-state index contributed by atoms with van der Waals surface area (Å²) < 4.78 is 5.19. The van der Waals surface area contributed by atoms with Crippen LogP contribution in [-0.4, -0.2) is 17.6 Å². The van der Waals surface area contributed by atoms with Crippen LogP contribution in [0.2, 0.25) is 0 Å². The molecule has 1 aromatic heterocycles. The molecule has 1 N–H and O–H groups in total. The number of hydrogen-bond acceptors (Lipinski definition) is 4. The van der Waals surface area contributed by atoms with Gasteiger partial charge in [0.2, 0.25) is 0 Å². The van der Waals surface area contributed by atoms with E-state index in [1.54, 1.807) is 11.8 Å². The van der Waals surface area contributed by atoms with E-state index in [1.165, 1.54) is 0 Å². The Hall–Kier alpha value is -1.75. The fourth-order valence-electron chi connectivity index (χ4n) is 2.21. The van der Waals surface area contributed by atoms with Crippen LogP contribution in [0.3, 0.4) is 0 Å². The first-order valence-corrected chi connectivity index (χ1v) is 8.89. The molecule has 0 aliphatic carbocycles. The molecule has 0 aliphatic heterocycles. The highest BCUT2D eigenvalue weighted by molar-refractivity contribution is 7.98. The second-order valence-electron chi connectivity index (χ2n) is 6.03. The van der Waals surface area contributed by atoms with E-state index in [4.69, 9.17) is 4.52 Å². The van der Waals surface area contributed by atoms with E-state index in [0.717, 1.165) is 39.7 Å². The maximum atomic E-state index is 12.4. The second kappa shape index (κ2) is 8.20. The summed E-state index contributed by atoms with van der Waals surface area (Å²) in [6.45, 7) is 8.87. The van der Waals surface area contributed by atoms with E-state index in [0.29, 0.717) is 12.5 Å². The van der Waals surface area contributed by atoms with Crippen LogP contribution in [0.5, 0.6) is 0 Å². The van der Waals surface area contributed by atoms with Gasteiger partial charge in [-0.1, -0.05) is 31.1 Å². The third-order valence-electron chi connectivity index (χ3n) is 3.69. The maximum absolute atomic E-state index is 12.4. The van der Waals surface area contributed by atoms with Gasteiger partial charge in [0, 0.05) is 22.8 Å². The summed E-state index contributed by atoms with van der Waals surface area (Å²) in [5, 5.41) is 6.98. The standard InChI is InChI=1S/C18H24N2O2S/c1-12(2)9-10-19-18(21)15-7-5-6-8-17(15)23-11-16-13(3)20-22-14(16)4/h5-8,12H,9-11H2,1-4H3,(H,19,21). The Labute approximate surface area is 142 Å². The van der Waals surface area contributed by atoms with Crippen molar-refractivity contribution in [3.8, 4) is 0 Å². The summed E-state index contributed by atoms with van der Waals surface area (Å²) in [5.74, 6) is 2.16. The fourth-order valence-corrected chi connectivity index (χ4v) is 3.41. The normalized spacial score (nSPS) is 11.0. The van der Waals surface area contributed by atoms with Crippen LogP contribution in [0, 0.1) is 19.8 Å². The molecule has 0 fully saturated rings. The van der Waals surface area contributed by atoms with Crippen molar-refractivity contribution < 1.29 is 9.32 Å². The van der Waals surface area contributed by atoms with Crippen LogP contribution in [0.15, 0.2) is 33.7 Å². The van der Waals surface area contributed by atoms with Gasteiger partial charge in [-0.25, -0.2) is 0 Å². The van der Waals surface area contributed by atoms with Crippen LogP contribution >= 0.6 is 11.8 Å². The molecule has 4 nitrogen and oxygen atoms in total. The molecule has 0 unspecified atom stereocenters. The minimum atomic E-state index is -0.00693. The third-order valence-corrected chi connectivity index (χ3v) is 4.79. The molecule has 1 amide bonds. The van der Waals surface area contributed by atoms with Crippen molar-refractivity contribution in [2.24, 2.45) is 5.92 Å². The van der Waals surface area contributed by atoms with Gasteiger partial charge in [-0.15, -0.1) is 11.8 Å². The monoisotopic (exact) mass is 332 g/mol. The Balaban J connectivity index is 2.04. The van der Waals surface area contributed by atoms with Gasteiger partial charge in [0.15, 0.2) is 0 Å². The molecule has 0 bridgehead atoms. The van der Waals surface area contributed by atoms with Gasteiger partial charge in [0.25, 0.3) is 5.91 Å². The van der Waals surface area contributed by atoms with E-state index in [1.807, 2.05) is 38.1 Å². The minimum Gasteiger partial charge on any atom is -0.361 e. The highest BCUT2D eigenvalue weighted by Crippen LogP contribution is 2.28. The Bertz CT molecular complexity index is 645. The van der Waals surface area contributed by atoms with Crippen molar-refractivity contribution in [1.29, 1.82) is 0 Å². The molecule has 5 heteroatoms. The summed E-state index contributed by atoms with van der Waals surface area (Å²) in [6, 6.07) is 7.72. The zero-order valence-corrected chi connectivity index (χ0v) is 15.0. The molecule has 0 saturated heterocycles. The number of benzene rings is 1. The van der Waals surface area contributed by atoms with Crippen molar-refractivity contribution in [3.05, 3.63) is 46.8 Å². The van der Waals surface area contributed by atoms with Crippen molar-refractivity contribution in [3.63, 3.8) is 0 Å². The molecule has 0 atom stereocenters. The smallest absolute Gasteiger partial charge is 0.252 e. The predicted octanol–water partition coefficient (Wildman–Crippen LogP) is 4.36. The van der Waals surface area contributed by atoms with Gasteiger partial charge < -0.3 is 9.84 Å². The van der Waals surface area contributed by atoms with Crippen LogP contribution in [-0.2, 0) is 5.75 Å². The van der Waals surface area contributed by atoms with Crippen LogP contribution in [0.1, 0.15) is 47.6 Å². The van der Waals surface area contributed by atoms with Gasteiger partial charge >= 0.3 is 0 Å². The highest BCUT2D eigenvalue weighted by Gasteiger charge is 2.14. The zero-order valence-electron chi connectivity index (χ0n) is 14.2. The first-order chi connectivity index (χ1) is 11.0. The molecule has 23 heavy (non-hydrogen) atoms. The van der Waals surface area contributed by atoms with Gasteiger partial charge in [-0.2, -0.15) is 0 Å². The topological polar surface area (TPSA) is 55.1 Å². The molecule has 1 aromatic carbocycles. The molecule has 0 spiro atoms. The van der Waals surface area contributed by atoms with Gasteiger partial charge in [0.1, 0.15) is 5.76 Å². The number of nitrogens with zero attached hydrogens (tertiary/aromatic N) is 1. The number of aryl methyl sites for hydroxylation is 2. The summed E-state index contributed by atoms with van der Waals surface area (Å²) in [4.78, 5) is 13.4. The van der Waals surface area contributed by atoms with Gasteiger partial charge in [-0.05, 0) is 38.3 Å². The summed E-state index contributed by atoms with van der Waals surface area (Å²) in [7, 11) is 0. The second-order valence-corrected chi connectivity index (χ2v) is 7.04. The maximum Gasteiger partial charge on any atom is 0.252 e. The van der Waals surface area contributed by atoms with Crippen molar-refractivity contribution in [2.45, 2.75) is 44.8 Å². The van der Waals surface area contributed by atoms with Gasteiger partial charge in [-0.3, -0.25) is 4.79 Å². The third kappa shape index (κ3) is 4.86. The van der Waals surface area contributed by atoms with Gasteiger partial charge in [0.05, 0.1) is 11.3 Å². The molecule has 0 aliphatic rings. The number of hydrogen-bond donors (Lipinski definition) is 1. The van der Waals surface area contributed by atoms with Crippen LogP contribution in [0.25, 0.3) is 0 Å². The number of rotatable bonds is 7. The van der Waals surface area contributed by atoms with E-state index >= 15 is 0 Å². The SMILES string of the molecule is Cc1noc(C)c1CSc1ccccc1C(=O)NCCC(C)C. The lowest BCUT2D eigenvalue weighted by atomic mass is 10.1. The average molecular weight is 332 g/mol. The predicted molar refractivity (Wildman–Crippen MR) is 93.8 cm³/mol. The lowest BCUT2D eigenvalue weighted by Gasteiger charge is -2.11. The number of carbonyl (C=O) groups is 1. The Morgan fingerprint density at radius 2 is 2.04 bits per heavy atom. The number of aromatic nitrogens is 1. The fraction of sp³-hybridized carbons (Fsp3) is 0.444. The quantitative estimate of drug-likeness (QED) is 0.765. The van der Waals surface area contributed by atoms with Crippen molar-refractivity contribution in [1.82, 2.24) is 10.5 Å². The summed E-state index contributed by atoms with van der Waals surface area (Å²) >= 11 is 1.64. The largest absolute Gasteiger partial charge is 0.361 e. The first kappa shape index (κ1) is 17.6. The molecule has 2 aromatic rings. The number of amides is 1. The average Bonchev–Trinajstić information content (AvgIpc) is 2.84. The molecule has 1 heterocycles. The minimum absolute atomic E-state index is 0.00693. The molecule has 0 saturated carbocycles. The molecular weight excluding hydrogens is 308 g/mol. The summed E-state index contributed by atoms with van der Waals surface area (Å²) in [5.41, 5.74) is 2.74. The number of carbonyl (C=O) groups excluding carboxylic acids is 1. The lowest BCUT2D eigenvalue weighted by molar-refractivity contribution is 0.0949. The number of nitrogens with one attached hydrogen (secondary N) is 1. The van der Waals surface area contributed by atoms with Crippen molar-refractivity contribution >= 4 is 17.7 Å². The first-order valence-electron chi connectivity index (χ1n) is 7.90. The molecular formula is C18H24N2O2S. The molecule has 0 radical (unpaired) electrons. The highest BCUT2D eigenvalue weighted by atomic mass is 32.2. The van der Waals surface area contributed by atoms with Crippen LogP contribution in [0.4, 0.5) is 0 Å². The van der Waals surface area contributed by atoms with E-state index < -0.39 is 0 Å². The molecule has 124 valence electrons. The molecule has 2 rings (SSSR count). The van der Waals surface area contributed by atoms with Crippen molar-refractivity contribution in [2.75, 3.05) is 6.54 Å². The number of thioether (sulfide) groups is 1.